The Morgan fingerprint density at radius 3 is 2.45 bits per heavy atom. The summed E-state index contributed by atoms with van der Waals surface area (Å²) in [5.74, 6) is 0.256. The van der Waals surface area contributed by atoms with E-state index in [0.29, 0.717) is 17.1 Å². The van der Waals surface area contributed by atoms with Gasteiger partial charge in [0, 0.05) is 30.3 Å². The molecule has 1 aliphatic rings. The lowest BCUT2D eigenvalue weighted by atomic mass is 10.2. The summed E-state index contributed by atoms with van der Waals surface area (Å²) in [6, 6.07) is 12.5. The molecule has 0 spiro atoms. The maximum Gasteiger partial charge on any atom is 0.344 e. The third-order valence-corrected chi connectivity index (χ3v) is 5.80. The number of hydrogen-bond acceptors (Lipinski definition) is 10. The topological polar surface area (TPSA) is 172 Å². The Labute approximate surface area is 215 Å². The highest BCUT2D eigenvalue weighted by Crippen LogP contribution is 2.28. The Morgan fingerprint density at radius 2 is 1.79 bits per heavy atom. The molecule has 1 fully saturated rings. The van der Waals surface area contributed by atoms with Gasteiger partial charge in [-0.05, 0) is 48.9 Å². The third-order valence-electron chi connectivity index (χ3n) is 5.80. The first-order chi connectivity index (χ1) is 18.2. The molecule has 0 amide bonds. The molecule has 2 N–H and O–H groups in total. The van der Waals surface area contributed by atoms with Gasteiger partial charge in [-0.2, -0.15) is 0 Å². The molecule has 2 heterocycles. The highest BCUT2D eigenvalue weighted by molar-refractivity contribution is 5.71. The van der Waals surface area contributed by atoms with Gasteiger partial charge in [0.25, 0.3) is 11.2 Å². The van der Waals surface area contributed by atoms with Crippen molar-refractivity contribution >= 4 is 11.7 Å². The Morgan fingerprint density at radius 1 is 1.13 bits per heavy atom. The number of aliphatic hydroxyl groups is 1. The second-order valence-corrected chi connectivity index (χ2v) is 8.57. The highest BCUT2D eigenvalue weighted by atomic mass is 16.6. The summed E-state index contributed by atoms with van der Waals surface area (Å²) in [4.78, 5) is 48.1. The van der Waals surface area contributed by atoms with E-state index < -0.39 is 40.6 Å². The summed E-state index contributed by atoms with van der Waals surface area (Å²) < 4.78 is 23.1. The number of nitrogens with one attached hydrogen (secondary N) is 1. The zero-order valence-electron chi connectivity index (χ0n) is 20.3. The number of carbonyl (C=O) groups excluding carboxylic acids is 1. The molecule has 0 saturated carbocycles. The van der Waals surface area contributed by atoms with Crippen LogP contribution < -0.4 is 20.7 Å². The zero-order valence-corrected chi connectivity index (χ0v) is 20.3. The van der Waals surface area contributed by atoms with Crippen molar-refractivity contribution in [3.05, 3.63) is 96.8 Å². The summed E-state index contributed by atoms with van der Waals surface area (Å²) >= 11 is 0. The minimum atomic E-state index is -0.980. The number of nitro benzene ring substituents is 1. The lowest BCUT2D eigenvalue weighted by molar-refractivity contribution is -0.384. The fourth-order valence-electron chi connectivity index (χ4n) is 3.71. The predicted molar refractivity (Wildman–Crippen MR) is 131 cm³/mol. The molecule has 13 nitrogen and oxygen atoms in total. The molecule has 38 heavy (non-hydrogen) atoms. The standard InChI is InChI=1S/C25H25N3O10/c1-15-11-27(25(32)26-24(15)31)22-10-20(29)21(38-22)13-37-23(30)14-36-19-8-6-18(7-9-19)35-12-16-2-4-17(5-3-16)28(33)34/h2-9,11,20-22,29H,10,12-14H2,1H3,(H,26,31,32)/t20-,21+,22+/m0/s1. The minimum absolute atomic E-state index is 0.00245. The molecular weight excluding hydrogens is 502 g/mol. The monoisotopic (exact) mass is 527 g/mol. The number of aliphatic hydroxyl groups excluding tert-OH is 1. The molecule has 1 aliphatic heterocycles. The summed E-state index contributed by atoms with van der Waals surface area (Å²) in [6.07, 6.45) is -1.20. The van der Waals surface area contributed by atoms with Crippen molar-refractivity contribution in [1.29, 1.82) is 0 Å². The van der Waals surface area contributed by atoms with Crippen molar-refractivity contribution in [3.63, 3.8) is 0 Å². The average Bonchev–Trinajstić information content (AvgIpc) is 3.27. The van der Waals surface area contributed by atoms with Gasteiger partial charge >= 0.3 is 11.7 Å². The largest absolute Gasteiger partial charge is 0.489 e. The predicted octanol–water partition coefficient (Wildman–Crippen LogP) is 1.60. The second-order valence-electron chi connectivity index (χ2n) is 8.57. The molecule has 0 bridgehead atoms. The van der Waals surface area contributed by atoms with Gasteiger partial charge in [-0.15, -0.1) is 0 Å². The molecule has 13 heteroatoms. The van der Waals surface area contributed by atoms with Crippen molar-refractivity contribution in [2.45, 2.75) is 38.4 Å². The minimum Gasteiger partial charge on any atom is -0.489 e. The summed E-state index contributed by atoms with van der Waals surface area (Å²) in [5, 5.41) is 21.0. The lowest BCUT2D eigenvalue weighted by Gasteiger charge is -2.16. The van der Waals surface area contributed by atoms with Gasteiger partial charge in [0.1, 0.15) is 37.0 Å². The summed E-state index contributed by atoms with van der Waals surface area (Å²) in [5.41, 5.74) is -0.0741. The van der Waals surface area contributed by atoms with Gasteiger partial charge in [-0.3, -0.25) is 24.5 Å². The van der Waals surface area contributed by atoms with Gasteiger partial charge in [0.15, 0.2) is 6.61 Å². The number of aryl methyl sites for hydroxylation is 1. The number of carbonyl (C=O) groups is 1. The van der Waals surface area contributed by atoms with Crippen LogP contribution in [0.25, 0.3) is 0 Å². The first kappa shape index (κ1) is 26.6. The zero-order chi connectivity index (χ0) is 27.2. The van der Waals surface area contributed by atoms with Crippen molar-refractivity contribution in [1.82, 2.24) is 9.55 Å². The maximum atomic E-state index is 12.1. The fourth-order valence-corrected chi connectivity index (χ4v) is 3.71. The molecule has 1 saturated heterocycles. The van der Waals surface area contributed by atoms with Crippen molar-refractivity contribution in [2.75, 3.05) is 13.2 Å². The maximum absolute atomic E-state index is 12.1. The van der Waals surface area contributed by atoms with Crippen LogP contribution in [0.2, 0.25) is 0 Å². The smallest absolute Gasteiger partial charge is 0.344 e. The average molecular weight is 527 g/mol. The number of aromatic nitrogens is 2. The van der Waals surface area contributed by atoms with Crippen LogP contribution in [0, 0.1) is 17.0 Å². The van der Waals surface area contributed by atoms with Crippen LogP contribution in [0.1, 0.15) is 23.8 Å². The van der Waals surface area contributed by atoms with E-state index in [1.165, 1.54) is 22.9 Å². The lowest BCUT2D eigenvalue weighted by Crippen LogP contribution is -2.33. The molecule has 0 radical (unpaired) electrons. The van der Waals surface area contributed by atoms with E-state index in [-0.39, 0.29) is 31.9 Å². The van der Waals surface area contributed by atoms with Gasteiger partial charge in [0.2, 0.25) is 0 Å². The molecule has 0 aliphatic carbocycles. The number of non-ortho nitro benzene ring substituents is 1. The Balaban J connectivity index is 1.20. The van der Waals surface area contributed by atoms with Gasteiger partial charge in [-0.1, -0.05) is 0 Å². The molecule has 3 atom stereocenters. The number of ether oxygens (including phenoxy) is 4. The molecule has 0 unspecified atom stereocenters. The van der Waals surface area contributed by atoms with E-state index in [1.807, 2.05) is 0 Å². The first-order valence-electron chi connectivity index (χ1n) is 11.6. The summed E-state index contributed by atoms with van der Waals surface area (Å²) in [7, 11) is 0. The van der Waals surface area contributed by atoms with Gasteiger partial charge in [-0.25, -0.2) is 9.59 Å². The van der Waals surface area contributed by atoms with Gasteiger partial charge in [0.05, 0.1) is 11.0 Å². The number of benzene rings is 2. The third kappa shape index (κ3) is 6.63. The molecule has 2 aromatic carbocycles. The Hall–Kier alpha value is -4.49. The molecule has 200 valence electrons. The van der Waals surface area contributed by atoms with E-state index in [0.717, 1.165) is 5.56 Å². The normalized spacial score (nSPS) is 18.6. The van der Waals surface area contributed by atoms with Crippen LogP contribution in [0.3, 0.4) is 0 Å². The first-order valence-corrected chi connectivity index (χ1v) is 11.6. The number of nitrogens with zero attached hydrogens (tertiary/aromatic N) is 2. The van der Waals surface area contributed by atoms with Crippen molar-refractivity contribution in [2.24, 2.45) is 0 Å². The van der Waals surface area contributed by atoms with Crippen LogP contribution in [-0.4, -0.2) is 51.0 Å². The van der Waals surface area contributed by atoms with Crippen molar-refractivity contribution in [3.8, 4) is 11.5 Å². The Bertz CT molecular complexity index is 1400. The molecule has 1 aromatic heterocycles. The number of H-pyrrole nitrogens is 1. The molecular formula is C25H25N3O10. The van der Waals surface area contributed by atoms with E-state index in [2.05, 4.69) is 4.98 Å². The summed E-state index contributed by atoms with van der Waals surface area (Å²) in [6.45, 7) is 1.14. The quantitative estimate of drug-likeness (QED) is 0.224. The van der Waals surface area contributed by atoms with Crippen LogP contribution in [0.5, 0.6) is 11.5 Å². The second kappa shape index (κ2) is 11.7. The van der Waals surface area contributed by atoms with Crippen molar-refractivity contribution < 1.29 is 33.8 Å². The Kier molecular flexibility index (Phi) is 8.19. The van der Waals surface area contributed by atoms with Crippen LogP contribution >= 0.6 is 0 Å². The SMILES string of the molecule is Cc1cn([C@H]2C[C@H](O)[C@@H](COC(=O)COc3ccc(OCc4ccc([N+](=O)[O-])cc4)cc3)O2)c(=O)[nH]c1=O. The molecule has 3 aromatic rings. The number of aromatic amines is 1. The van der Waals surface area contributed by atoms with Crippen LogP contribution in [-0.2, 0) is 20.9 Å². The van der Waals surface area contributed by atoms with E-state index >= 15 is 0 Å². The molecule has 4 rings (SSSR count). The van der Waals surface area contributed by atoms with Crippen LogP contribution in [0.15, 0.2) is 64.3 Å². The fraction of sp³-hybridized carbons (Fsp3) is 0.320. The number of hydrogen-bond donors (Lipinski definition) is 2. The van der Waals surface area contributed by atoms with E-state index in [4.69, 9.17) is 18.9 Å². The van der Waals surface area contributed by atoms with Gasteiger partial charge < -0.3 is 24.1 Å². The number of esters is 1. The van der Waals surface area contributed by atoms with E-state index in [9.17, 15) is 29.6 Å². The van der Waals surface area contributed by atoms with E-state index in [1.54, 1.807) is 43.3 Å². The van der Waals surface area contributed by atoms with Crippen LogP contribution in [0.4, 0.5) is 5.69 Å². The number of nitro groups is 1. The highest BCUT2D eigenvalue weighted by Gasteiger charge is 2.36. The number of rotatable bonds is 10.